The molecule has 15 heteroatoms. The maximum absolute atomic E-state index is 10.3. The monoisotopic (exact) mass is 503 g/mol. The van der Waals surface area contributed by atoms with E-state index in [0.29, 0.717) is 12.2 Å². The fraction of sp³-hybridized carbons (Fsp3) is 0.389. The average Bonchev–Trinajstić information content (AvgIpc) is 3.33. The second-order valence-corrected chi connectivity index (χ2v) is 8.69. The highest BCUT2D eigenvalue weighted by Gasteiger charge is 2.42. The number of aromatic amines is 1. The Labute approximate surface area is 192 Å². The summed E-state index contributed by atoms with van der Waals surface area (Å²) in [5.74, 6) is 0.724. The van der Waals surface area contributed by atoms with Gasteiger partial charge in [-0.15, -0.1) is 0 Å². The SMILES string of the molecule is Cc1cccc(Cl)c1CNc1ncnc2nc[nH]c12.O=P(O)(O)OC[C@H]1OC(O)[C@H](O)[C@@H]1O. The number of H-pyrrole nitrogens is 1. The van der Waals surface area contributed by atoms with Crippen LogP contribution in [0.1, 0.15) is 11.1 Å². The van der Waals surface area contributed by atoms with Crippen LogP contribution in [-0.4, -0.2) is 76.3 Å². The topological polar surface area (TPSA) is 203 Å². The highest BCUT2D eigenvalue weighted by molar-refractivity contribution is 7.46. The molecule has 4 rings (SSSR count). The van der Waals surface area contributed by atoms with Gasteiger partial charge in [-0.3, -0.25) is 4.52 Å². The van der Waals surface area contributed by atoms with Crippen molar-refractivity contribution in [2.24, 2.45) is 0 Å². The van der Waals surface area contributed by atoms with Crippen molar-refractivity contribution >= 4 is 36.4 Å². The summed E-state index contributed by atoms with van der Waals surface area (Å²) in [7, 11) is -4.64. The van der Waals surface area contributed by atoms with Gasteiger partial charge in [0.05, 0.1) is 12.9 Å². The predicted molar refractivity (Wildman–Crippen MR) is 116 cm³/mol. The molecule has 0 saturated carbocycles. The highest BCUT2D eigenvalue weighted by Crippen LogP contribution is 2.37. The summed E-state index contributed by atoms with van der Waals surface area (Å²) >= 11 is 6.20. The minimum atomic E-state index is -4.64. The van der Waals surface area contributed by atoms with Gasteiger partial charge in [0.1, 0.15) is 30.2 Å². The third kappa shape index (κ3) is 6.67. The van der Waals surface area contributed by atoms with E-state index in [-0.39, 0.29) is 0 Å². The smallest absolute Gasteiger partial charge is 0.387 e. The zero-order valence-electron chi connectivity index (χ0n) is 17.2. The Hall–Kier alpha value is -2.19. The third-order valence-corrected chi connectivity index (χ3v) is 5.59. The van der Waals surface area contributed by atoms with E-state index < -0.39 is 39.0 Å². The Balaban J connectivity index is 0.000000196. The second kappa shape index (κ2) is 10.8. The Morgan fingerprint density at radius 3 is 2.61 bits per heavy atom. The lowest BCUT2D eigenvalue weighted by Gasteiger charge is -2.14. The van der Waals surface area contributed by atoms with Crippen LogP contribution in [-0.2, 0) is 20.4 Å². The molecule has 4 atom stereocenters. The van der Waals surface area contributed by atoms with Crippen LogP contribution in [0, 0.1) is 6.92 Å². The van der Waals surface area contributed by atoms with E-state index in [4.69, 9.17) is 36.7 Å². The summed E-state index contributed by atoms with van der Waals surface area (Å²) in [6.45, 7) is 2.03. The molecule has 1 fully saturated rings. The van der Waals surface area contributed by atoms with Gasteiger partial charge in [-0.1, -0.05) is 23.7 Å². The number of phosphoric ester groups is 1. The molecule has 2 aromatic heterocycles. The summed E-state index contributed by atoms with van der Waals surface area (Å²) in [6.07, 6.45) is -2.57. The van der Waals surface area contributed by atoms with Crippen molar-refractivity contribution in [1.82, 2.24) is 19.9 Å². The number of aliphatic hydroxyl groups is 3. The van der Waals surface area contributed by atoms with Crippen molar-refractivity contribution in [1.29, 1.82) is 0 Å². The Morgan fingerprint density at radius 2 is 1.97 bits per heavy atom. The van der Waals surface area contributed by atoms with Gasteiger partial charge >= 0.3 is 7.82 Å². The molecule has 0 amide bonds. The molecule has 1 aliphatic rings. The number of fused-ring (bicyclic) bond motifs is 1. The number of aryl methyl sites for hydroxylation is 1. The average molecular weight is 504 g/mol. The first-order valence-electron chi connectivity index (χ1n) is 9.58. The van der Waals surface area contributed by atoms with Gasteiger partial charge in [0.15, 0.2) is 17.8 Å². The van der Waals surface area contributed by atoms with Crippen LogP contribution in [0.4, 0.5) is 5.82 Å². The van der Waals surface area contributed by atoms with Crippen LogP contribution in [0.25, 0.3) is 11.2 Å². The standard InChI is InChI=1S/C13H12ClN5.C5H11O8P/c1-8-3-2-4-10(14)9(8)5-15-12-11-13(17-6-16-11)19-7-18-12;6-3-2(1-12-14(9,10)11)13-5(8)4(3)7/h2-4,6-7H,5H2,1H3,(H2,15,16,17,18,19);2-8H,1H2,(H2,9,10,11)/t;2-,3-,4-,5?/m.1/s1. The van der Waals surface area contributed by atoms with Gasteiger partial charge in [0, 0.05) is 11.6 Å². The van der Waals surface area contributed by atoms with E-state index in [1.54, 1.807) is 6.33 Å². The van der Waals surface area contributed by atoms with Gasteiger partial charge < -0.3 is 40.1 Å². The number of nitrogens with zero attached hydrogens (tertiary/aromatic N) is 3. The molecule has 33 heavy (non-hydrogen) atoms. The number of anilines is 1. The number of hydrogen-bond acceptors (Lipinski definition) is 10. The molecule has 1 saturated heterocycles. The molecule has 0 aliphatic carbocycles. The van der Waals surface area contributed by atoms with Crippen molar-refractivity contribution in [3.05, 3.63) is 47.0 Å². The van der Waals surface area contributed by atoms with E-state index in [0.717, 1.165) is 27.5 Å². The maximum Gasteiger partial charge on any atom is 0.469 e. The number of nitrogens with one attached hydrogen (secondary N) is 2. The number of aromatic nitrogens is 4. The van der Waals surface area contributed by atoms with Crippen molar-refractivity contribution in [2.45, 2.75) is 38.1 Å². The molecular weight excluding hydrogens is 481 g/mol. The minimum Gasteiger partial charge on any atom is -0.387 e. The lowest BCUT2D eigenvalue weighted by molar-refractivity contribution is -0.132. The van der Waals surface area contributed by atoms with Crippen LogP contribution in [0.3, 0.4) is 0 Å². The first-order valence-corrected chi connectivity index (χ1v) is 11.5. The molecular formula is C18H23ClN5O8P. The van der Waals surface area contributed by atoms with Gasteiger partial charge in [0.25, 0.3) is 0 Å². The quantitative estimate of drug-likeness (QED) is 0.229. The number of aliphatic hydroxyl groups excluding tert-OH is 3. The van der Waals surface area contributed by atoms with Crippen LogP contribution in [0.5, 0.6) is 0 Å². The van der Waals surface area contributed by atoms with Crippen molar-refractivity contribution in [2.75, 3.05) is 11.9 Å². The number of imidazole rings is 1. The number of rotatable bonds is 6. The van der Waals surface area contributed by atoms with E-state index in [1.165, 1.54) is 6.33 Å². The number of phosphoric acid groups is 1. The van der Waals surface area contributed by atoms with Crippen LogP contribution < -0.4 is 5.32 Å². The fourth-order valence-corrected chi connectivity index (χ4v) is 3.63. The molecule has 7 N–H and O–H groups in total. The minimum absolute atomic E-state index is 0.608. The van der Waals surface area contributed by atoms with Gasteiger partial charge in [0.2, 0.25) is 0 Å². The van der Waals surface area contributed by atoms with Crippen LogP contribution in [0.15, 0.2) is 30.9 Å². The van der Waals surface area contributed by atoms with Crippen LogP contribution in [0.2, 0.25) is 5.02 Å². The van der Waals surface area contributed by atoms with E-state index in [2.05, 4.69) is 34.5 Å². The number of halogens is 1. The summed E-state index contributed by atoms with van der Waals surface area (Å²) in [5.41, 5.74) is 3.66. The first-order chi connectivity index (χ1) is 15.6. The summed E-state index contributed by atoms with van der Waals surface area (Å²) < 4.78 is 18.9. The first kappa shape index (κ1) is 25.4. The fourth-order valence-electron chi connectivity index (χ4n) is 3.00. The normalized spacial score (nSPS) is 22.8. The Bertz CT molecular complexity index is 1110. The molecule has 0 bridgehead atoms. The summed E-state index contributed by atoms with van der Waals surface area (Å²) in [4.78, 5) is 32.1. The summed E-state index contributed by atoms with van der Waals surface area (Å²) in [5, 5.41) is 31.1. The number of hydrogen-bond donors (Lipinski definition) is 7. The molecule has 0 radical (unpaired) electrons. The molecule has 1 aliphatic heterocycles. The molecule has 13 nitrogen and oxygen atoms in total. The van der Waals surface area contributed by atoms with Crippen molar-refractivity contribution in [3.8, 4) is 0 Å². The maximum atomic E-state index is 10.3. The van der Waals surface area contributed by atoms with Crippen molar-refractivity contribution < 1.29 is 38.9 Å². The summed E-state index contributed by atoms with van der Waals surface area (Å²) in [6, 6.07) is 5.87. The Kier molecular flexibility index (Phi) is 8.34. The molecule has 180 valence electrons. The zero-order valence-corrected chi connectivity index (χ0v) is 18.9. The van der Waals surface area contributed by atoms with Gasteiger partial charge in [-0.05, 0) is 24.1 Å². The second-order valence-electron chi connectivity index (χ2n) is 7.04. The highest BCUT2D eigenvalue weighted by atomic mass is 35.5. The number of benzene rings is 1. The van der Waals surface area contributed by atoms with E-state index >= 15 is 0 Å². The lowest BCUT2D eigenvalue weighted by atomic mass is 10.1. The van der Waals surface area contributed by atoms with Gasteiger partial charge in [-0.25, -0.2) is 19.5 Å². The van der Waals surface area contributed by atoms with E-state index in [1.807, 2.05) is 25.1 Å². The Morgan fingerprint density at radius 1 is 1.21 bits per heavy atom. The van der Waals surface area contributed by atoms with Gasteiger partial charge in [-0.2, -0.15) is 0 Å². The lowest BCUT2D eigenvalue weighted by Crippen LogP contribution is -2.34. The van der Waals surface area contributed by atoms with Crippen LogP contribution >= 0.6 is 19.4 Å². The molecule has 0 spiro atoms. The number of ether oxygens (including phenoxy) is 1. The molecule has 3 aromatic rings. The third-order valence-electron chi connectivity index (χ3n) is 4.75. The molecule has 1 aromatic carbocycles. The zero-order chi connectivity index (χ0) is 24.2. The molecule has 3 heterocycles. The van der Waals surface area contributed by atoms with E-state index in [9.17, 15) is 4.57 Å². The van der Waals surface area contributed by atoms with Crippen molar-refractivity contribution in [3.63, 3.8) is 0 Å². The largest absolute Gasteiger partial charge is 0.469 e. The predicted octanol–water partition coefficient (Wildman–Crippen LogP) is 0.462. The molecule has 1 unspecified atom stereocenters.